The molecule has 2 heteroatoms. The topological polar surface area (TPSA) is 26.0 Å². The van der Waals surface area contributed by atoms with Crippen LogP contribution in [-0.4, -0.2) is 0 Å². The van der Waals surface area contributed by atoms with Gasteiger partial charge < -0.3 is 5.73 Å². The molecule has 17 heavy (non-hydrogen) atoms. The van der Waals surface area contributed by atoms with Crippen molar-refractivity contribution in [3.05, 3.63) is 21.4 Å². The van der Waals surface area contributed by atoms with Crippen LogP contribution in [0.5, 0.6) is 0 Å². The largest absolute Gasteiger partial charge is 0.324 e. The van der Waals surface area contributed by atoms with Gasteiger partial charge in [-0.1, -0.05) is 26.7 Å². The first kappa shape index (κ1) is 13.1. The molecule has 1 nitrogen and oxygen atoms in total. The monoisotopic (exact) mass is 251 g/mol. The Balaban J connectivity index is 2.24. The molecule has 2 rings (SSSR count). The molecule has 0 bridgehead atoms. The zero-order valence-electron chi connectivity index (χ0n) is 11.5. The predicted molar refractivity (Wildman–Crippen MR) is 76.5 cm³/mol. The van der Waals surface area contributed by atoms with Crippen LogP contribution in [0.4, 0.5) is 0 Å². The third-order valence-corrected chi connectivity index (χ3v) is 5.44. The molecule has 1 fully saturated rings. The fourth-order valence-electron chi connectivity index (χ4n) is 3.38. The molecule has 0 aliphatic heterocycles. The van der Waals surface area contributed by atoms with Gasteiger partial charge in [0.2, 0.25) is 0 Å². The molecule has 2 atom stereocenters. The third-order valence-electron chi connectivity index (χ3n) is 4.46. The summed E-state index contributed by atoms with van der Waals surface area (Å²) in [5, 5.41) is 0. The smallest absolute Gasteiger partial charge is 0.0339 e. The molecule has 0 spiro atoms. The standard InChI is InChI=1S/C15H25NS/c1-10-9-12(11(2)17-10)14(16)13-7-5-6-8-15(13,3)4/h9,13-14H,5-8,16H2,1-4H3. The van der Waals surface area contributed by atoms with Gasteiger partial charge in [-0.05, 0) is 49.7 Å². The lowest BCUT2D eigenvalue weighted by Crippen LogP contribution is -2.36. The molecule has 1 heterocycles. The van der Waals surface area contributed by atoms with E-state index in [9.17, 15) is 0 Å². The first-order valence-electron chi connectivity index (χ1n) is 6.74. The van der Waals surface area contributed by atoms with Crippen molar-refractivity contribution in [1.29, 1.82) is 0 Å². The Morgan fingerprint density at radius 3 is 2.59 bits per heavy atom. The lowest BCUT2D eigenvalue weighted by Gasteiger charge is -2.42. The maximum Gasteiger partial charge on any atom is 0.0339 e. The Hall–Kier alpha value is -0.340. The number of nitrogens with two attached hydrogens (primary N) is 1. The average Bonchev–Trinajstić information content (AvgIpc) is 2.56. The van der Waals surface area contributed by atoms with Crippen LogP contribution in [0.3, 0.4) is 0 Å². The summed E-state index contributed by atoms with van der Waals surface area (Å²) in [6.07, 6.45) is 5.35. The summed E-state index contributed by atoms with van der Waals surface area (Å²) in [5.41, 5.74) is 8.36. The van der Waals surface area contributed by atoms with Crippen molar-refractivity contribution >= 4 is 11.3 Å². The lowest BCUT2D eigenvalue weighted by molar-refractivity contribution is 0.112. The van der Waals surface area contributed by atoms with E-state index in [1.165, 1.54) is 41.0 Å². The van der Waals surface area contributed by atoms with E-state index in [0.717, 1.165) is 0 Å². The van der Waals surface area contributed by atoms with E-state index in [1.54, 1.807) is 0 Å². The number of hydrogen-bond donors (Lipinski definition) is 1. The molecule has 2 unspecified atom stereocenters. The van der Waals surface area contributed by atoms with Gasteiger partial charge in [0.05, 0.1) is 0 Å². The summed E-state index contributed by atoms with van der Waals surface area (Å²) in [4.78, 5) is 2.80. The molecule has 1 aromatic heterocycles. The van der Waals surface area contributed by atoms with Gasteiger partial charge in [-0.3, -0.25) is 0 Å². The Labute approximate surface area is 109 Å². The normalized spacial score (nSPS) is 25.8. The van der Waals surface area contributed by atoms with Crippen LogP contribution in [0.15, 0.2) is 6.07 Å². The van der Waals surface area contributed by atoms with Crippen molar-refractivity contribution in [2.75, 3.05) is 0 Å². The maximum atomic E-state index is 6.57. The Morgan fingerprint density at radius 2 is 2.06 bits per heavy atom. The van der Waals surface area contributed by atoms with Crippen molar-refractivity contribution < 1.29 is 0 Å². The molecule has 2 N–H and O–H groups in total. The average molecular weight is 251 g/mol. The Bertz CT molecular complexity index is 392. The molecule has 1 aliphatic carbocycles. The number of aryl methyl sites for hydroxylation is 2. The van der Waals surface area contributed by atoms with Gasteiger partial charge in [0.15, 0.2) is 0 Å². The van der Waals surface area contributed by atoms with E-state index in [4.69, 9.17) is 5.73 Å². The number of thiophene rings is 1. The van der Waals surface area contributed by atoms with Crippen LogP contribution >= 0.6 is 11.3 Å². The highest BCUT2D eigenvalue weighted by atomic mass is 32.1. The van der Waals surface area contributed by atoms with Gasteiger partial charge in [0.25, 0.3) is 0 Å². The minimum Gasteiger partial charge on any atom is -0.324 e. The van der Waals surface area contributed by atoms with Crippen molar-refractivity contribution in [3.63, 3.8) is 0 Å². The summed E-state index contributed by atoms with van der Waals surface area (Å²) >= 11 is 1.88. The fourth-order valence-corrected chi connectivity index (χ4v) is 4.37. The second kappa shape index (κ2) is 4.74. The SMILES string of the molecule is Cc1cc(C(N)C2CCCCC2(C)C)c(C)s1. The van der Waals surface area contributed by atoms with Gasteiger partial charge in [-0.25, -0.2) is 0 Å². The van der Waals surface area contributed by atoms with E-state index in [1.807, 2.05) is 11.3 Å². The van der Waals surface area contributed by atoms with Crippen LogP contribution in [0.1, 0.15) is 60.9 Å². The minimum absolute atomic E-state index is 0.232. The zero-order chi connectivity index (χ0) is 12.6. The van der Waals surface area contributed by atoms with Crippen LogP contribution in [0.25, 0.3) is 0 Å². The van der Waals surface area contributed by atoms with Gasteiger partial charge in [0, 0.05) is 15.8 Å². The van der Waals surface area contributed by atoms with Crippen molar-refractivity contribution in [3.8, 4) is 0 Å². The summed E-state index contributed by atoms with van der Waals surface area (Å²) in [6, 6.07) is 2.53. The summed E-state index contributed by atoms with van der Waals surface area (Å²) in [5.74, 6) is 0.643. The van der Waals surface area contributed by atoms with Crippen LogP contribution in [0, 0.1) is 25.2 Å². The van der Waals surface area contributed by atoms with Gasteiger partial charge in [-0.15, -0.1) is 11.3 Å². The summed E-state index contributed by atoms with van der Waals surface area (Å²) < 4.78 is 0. The molecule has 0 amide bonds. The summed E-state index contributed by atoms with van der Waals surface area (Å²) in [6.45, 7) is 9.18. The van der Waals surface area contributed by atoms with E-state index in [0.29, 0.717) is 11.3 Å². The van der Waals surface area contributed by atoms with Gasteiger partial charge in [-0.2, -0.15) is 0 Å². The fraction of sp³-hybridized carbons (Fsp3) is 0.733. The van der Waals surface area contributed by atoms with Gasteiger partial charge >= 0.3 is 0 Å². The summed E-state index contributed by atoms with van der Waals surface area (Å²) in [7, 11) is 0. The van der Waals surface area contributed by atoms with E-state index in [-0.39, 0.29) is 6.04 Å². The first-order valence-corrected chi connectivity index (χ1v) is 7.56. The van der Waals surface area contributed by atoms with Crippen LogP contribution in [-0.2, 0) is 0 Å². The first-order chi connectivity index (χ1) is 7.92. The molecule has 0 aromatic carbocycles. The van der Waals surface area contributed by atoms with Crippen molar-refractivity contribution in [2.24, 2.45) is 17.1 Å². The molecule has 1 aliphatic rings. The molecular weight excluding hydrogens is 226 g/mol. The highest BCUT2D eigenvalue weighted by Crippen LogP contribution is 2.47. The molecular formula is C15H25NS. The number of hydrogen-bond acceptors (Lipinski definition) is 2. The van der Waals surface area contributed by atoms with Crippen LogP contribution < -0.4 is 5.73 Å². The molecule has 1 saturated carbocycles. The van der Waals surface area contributed by atoms with Crippen molar-refractivity contribution in [1.82, 2.24) is 0 Å². The minimum atomic E-state index is 0.232. The second-order valence-electron chi connectivity index (χ2n) is 6.24. The molecule has 0 radical (unpaired) electrons. The van der Waals surface area contributed by atoms with E-state index in [2.05, 4.69) is 33.8 Å². The third kappa shape index (κ3) is 2.58. The molecule has 1 aromatic rings. The Kier molecular flexibility index (Phi) is 3.65. The number of rotatable bonds is 2. The molecule has 96 valence electrons. The van der Waals surface area contributed by atoms with Crippen LogP contribution in [0.2, 0.25) is 0 Å². The lowest BCUT2D eigenvalue weighted by atomic mass is 9.65. The predicted octanol–water partition coefficient (Wildman–Crippen LogP) is 4.58. The quantitative estimate of drug-likeness (QED) is 0.818. The van der Waals surface area contributed by atoms with Gasteiger partial charge in [0.1, 0.15) is 0 Å². The highest BCUT2D eigenvalue weighted by Gasteiger charge is 2.37. The maximum absolute atomic E-state index is 6.57. The highest BCUT2D eigenvalue weighted by molar-refractivity contribution is 7.12. The molecule has 0 saturated heterocycles. The van der Waals surface area contributed by atoms with Crippen molar-refractivity contribution in [2.45, 2.75) is 59.4 Å². The second-order valence-corrected chi connectivity index (χ2v) is 7.70. The van der Waals surface area contributed by atoms with E-state index >= 15 is 0 Å². The Morgan fingerprint density at radius 1 is 1.35 bits per heavy atom. The van der Waals surface area contributed by atoms with E-state index < -0.39 is 0 Å². The zero-order valence-corrected chi connectivity index (χ0v) is 12.4.